The van der Waals surface area contributed by atoms with E-state index in [1.165, 1.54) is 16.9 Å². The molecule has 0 spiro atoms. The van der Waals surface area contributed by atoms with Crippen molar-refractivity contribution in [3.05, 3.63) is 46.5 Å². The molecule has 0 saturated carbocycles. The number of primary amides is 1. The summed E-state index contributed by atoms with van der Waals surface area (Å²) in [7, 11) is 0. The maximum Gasteiger partial charge on any atom is 0.318 e. The third-order valence-corrected chi connectivity index (χ3v) is 3.92. The molecule has 0 fully saturated rings. The van der Waals surface area contributed by atoms with Crippen LogP contribution in [0.2, 0.25) is 0 Å². The van der Waals surface area contributed by atoms with Gasteiger partial charge in [0.15, 0.2) is 5.13 Å². The number of benzene rings is 1. The molecule has 2 aromatic rings. The minimum Gasteiger partial charge on any atom is -0.351 e. The van der Waals surface area contributed by atoms with Crippen LogP contribution in [0.25, 0.3) is 0 Å². The van der Waals surface area contributed by atoms with Crippen molar-refractivity contribution in [2.75, 3.05) is 5.32 Å². The van der Waals surface area contributed by atoms with Gasteiger partial charge in [0.05, 0.1) is 11.1 Å². The van der Waals surface area contributed by atoms with Crippen LogP contribution < -0.4 is 11.1 Å². The number of carbonyl (C=O) groups excluding carboxylic acids is 1. The Morgan fingerprint density at radius 3 is 2.65 bits per heavy atom. The van der Waals surface area contributed by atoms with Crippen molar-refractivity contribution >= 4 is 22.5 Å². The lowest BCUT2D eigenvalue weighted by Gasteiger charge is -2.22. The Balaban J connectivity index is 2.40. The smallest absolute Gasteiger partial charge is 0.318 e. The van der Waals surface area contributed by atoms with Gasteiger partial charge in [-0.3, -0.25) is 5.32 Å². The maximum absolute atomic E-state index is 10.8. The molecule has 4 nitrogen and oxygen atoms in total. The standard InChI is InChI=1S/C15H15N3OS/c1-4-15(3,11-7-5-10(2)6-8-11)12-9-20-14(17-12)18-13(16)19/h1,5-9H,2-3H3,(H3,16,17,18,19). The molecule has 20 heavy (non-hydrogen) atoms. The van der Waals surface area contributed by atoms with Gasteiger partial charge >= 0.3 is 6.03 Å². The molecule has 0 radical (unpaired) electrons. The molecular weight excluding hydrogens is 270 g/mol. The number of nitrogens with zero attached hydrogens (tertiary/aromatic N) is 1. The van der Waals surface area contributed by atoms with Crippen molar-refractivity contribution < 1.29 is 4.79 Å². The van der Waals surface area contributed by atoms with E-state index in [1.807, 2.05) is 43.5 Å². The molecule has 0 bridgehead atoms. The first-order valence-electron chi connectivity index (χ1n) is 6.03. The highest BCUT2D eigenvalue weighted by Gasteiger charge is 2.29. The highest BCUT2D eigenvalue weighted by Crippen LogP contribution is 2.33. The van der Waals surface area contributed by atoms with Crippen molar-refractivity contribution in [3.63, 3.8) is 0 Å². The molecule has 1 aromatic heterocycles. The summed E-state index contributed by atoms with van der Waals surface area (Å²) in [6, 6.07) is 7.38. The average Bonchev–Trinajstić information content (AvgIpc) is 2.87. The highest BCUT2D eigenvalue weighted by atomic mass is 32.1. The lowest BCUT2D eigenvalue weighted by atomic mass is 9.80. The minimum absolute atomic E-state index is 0.445. The Hall–Kier alpha value is -2.32. The monoisotopic (exact) mass is 285 g/mol. The minimum atomic E-state index is -0.637. The number of aryl methyl sites for hydroxylation is 1. The summed E-state index contributed by atoms with van der Waals surface area (Å²) in [6.45, 7) is 3.95. The zero-order valence-corrected chi connectivity index (χ0v) is 12.1. The summed E-state index contributed by atoms with van der Waals surface area (Å²) < 4.78 is 0. The summed E-state index contributed by atoms with van der Waals surface area (Å²) in [5.74, 6) is 2.80. The fourth-order valence-electron chi connectivity index (χ4n) is 1.86. The van der Waals surface area contributed by atoms with Crippen molar-refractivity contribution in [2.45, 2.75) is 19.3 Å². The lowest BCUT2D eigenvalue weighted by molar-refractivity contribution is 0.259. The van der Waals surface area contributed by atoms with Gasteiger partial charge in [0.25, 0.3) is 0 Å². The maximum atomic E-state index is 10.8. The van der Waals surface area contributed by atoms with Gasteiger partial charge in [0.1, 0.15) is 0 Å². The predicted octanol–water partition coefficient (Wildman–Crippen LogP) is 2.88. The summed E-state index contributed by atoms with van der Waals surface area (Å²) in [5.41, 5.74) is 7.32. The van der Waals surface area contributed by atoms with Gasteiger partial charge in [-0.25, -0.2) is 9.78 Å². The molecule has 1 atom stereocenters. The number of aromatic nitrogens is 1. The van der Waals surface area contributed by atoms with Crippen molar-refractivity contribution in [2.24, 2.45) is 5.73 Å². The van der Waals surface area contributed by atoms with E-state index < -0.39 is 11.4 Å². The zero-order chi connectivity index (χ0) is 14.8. The van der Waals surface area contributed by atoms with Crippen LogP contribution >= 0.6 is 11.3 Å². The van der Waals surface area contributed by atoms with Gasteiger partial charge in [-0.15, -0.1) is 17.8 Å². The van der Waals surface area contributed by atoms with Crippen LogP contribution in [0.1, 0.15) is 23.7 Å². The van der Waals surface area contributed by atoms with Crippen molar-refractivity contribution in [1.82, 2.24) is 4.98 Å². The molecule has 3 N–H and O–H groups in total. The second-order valence-corrected chi connectivity index (χ2v) is 5.52. The molecule has 1 heterocycles. The molecule has 0 aliphatic rings. The van der Waals surface area contributed by atoms with E-state index >= 15 is 0 Å². The number of hydrogen-bond donors (Lipinski definition) is 2. The normalized spacial score (nSPS) is 13.2. The van der Waals surface area contributed by atoms with E-state index in [0.717, 1.165) is 11.3 Å². The van der Waals surface area contributed by atoms with Crippen LogP contribution in [0.4, 0.5) is 9.93 Å². The molecule has 1 unspecified atom stereocenters. The average molecular weight is 285 g/mol. The second-order valence-electron chi connectivity index (χ2n) is 4.66. The van der Waals surface area contributed by atoms with Crippen LogP contribution in [-0.4, -0.2) is 11.0 Å². The molecule has 1 aromatic carbocycles. The van der Waals surface area contributed by atoms with E-state index in [1.54, 1.807) is 0 Å². The topological polar surface area (TPSA) is 68.0 Å². The van der Waals surface area contributed by atoms with Gasteiger partial charge in [-0.1, -0.05) is 35.7 Å². The Labute approximate surface area is 122 Å². The van der Waals surface area contributed by atoms with E-state index in [4.69, 9.17) is 12.2 Å². The van der Waals surface area contributed by atoms with Crippen molar-refractivity contribution in [1.29, 1.82) is 0 Å². The summed E-state index contributed by atoms with van der Waals surface area (Å²) in [5, 5.41) is 4.74. The summed E-state index contributed by atoms with van der Waals surface area (Å²) >= 11 is 1.30. The van der Waals surface area contributed by atoms with Gasteiger partial charge in [-0.2, -0.15) is 0 Å². The number of urea groups is 1. The first kappa shape index (κ1) is 14.1. The Morgan fingerprint density at radius 2 is 2.10 bits per heavy atom. The number of rotatable bonds is 3. The predicted molar refractivity (Wildman–Crippen MR) is 81.8 cm³/mol. The Bertz CT molecular complexity index is 669. The summed E-state index contributed by atoms with van der Waals surface area (Å²) in [6.07, 6.45) is 5.72. The number of nitrogens with one attached hydrogen (secondary N) is 1. The number of hydrogen-bond acceptors (Lipinski definition) is 3. The van der Waals surface area contributed by atoms with E-state index in [9.17, 15) is 4.79 Å². The van der Waals surface area contributed by atoms with E-state index in [-0.39, 0.29) is 0 Å². The van der Waals surface area contributed by atoms with Crippen LogP contribution in [-0.2, 0) is 5.41 Å². The van der Waals surface area contributed by atoms with Crippen LogP contribution in [0.5, 0.6) is 0 Å². The van der Waals surface area contributed by atoms with Gasteiger partial charge in [0, 0.05) is 5.38 Å². The van der Waals surface area contributed by atoms with E-state index in [2.05, 4.69) is 16.2 Å². The molecule has 5 heteroatoms. The van der Waals surface area contributed by atoms with E-state index in [0.29, 0.717) is 5.13 Å². The second kappa shape index (κ2) is 5.35. The molecule has 0 aliphatic carbocycles. The molecule has 0 saturated heterocycles. The number of nitrogens with two attached hydrogens (primary N) is 1. The highest BCUT2D eigenvalue weighted by molar-refractivity contribution is 7.13. The fourth-order valence-corrected chi connectivity index (χ4v) is 2.68. The van der Waals surface area contributed by atoms with Gasteiger partial charge in [-0.05, 0) is 19.4 Å². The molecular formula is C15H15N3OS. The van der Waals surface area contributed by atoms with Gasteiger partial charge < -0.3 is 5.73 Å². The number of terminal acetylenes is 1. The van der Waals surface area contributed by atoms with Crippen LogP contribution in [0.3, 0.4) is 0 Å². The third kappa shape index (κ3) is 2.65. The molecule has 102 valence electrons. The molecule has 2 amide bonds. The number of anilines is 1. The van der Waals surface area contributed by atoms with Crippen LogP contribution in [0.15, 0.2) is 29.6 Å². The quantitative estimate of drug-likeness (QED) is 0.851. The Morgan fingerprint density at radius 1 is 1.45 bits per heavy atom. The molecule has 0 aliphatic heterocycles. The van der Waals surface area contributed by atoms with Crippen molar-refractivity contribution in [3.8, 4) is 12.3 Å². The molecule has 2 rings (SSSR count). The van der Waals surface area contributed by atoms with Crippen LogP contribution in [0, 0.1) is 19.3 Å². The largest absolute Gasteiger partial charge is 0.351 e. The SMILES string of the molecule is C#CC(C)(c1ccc(C)cc1)c1csc(NC(N)=O)n1. The Kier molecular flexibility index (Phi) is 3.77. The first-order chi connectivity index (χ1) is 9.45. The number of amides is 2. The third-order valence-electron chi connectivity index (χ3n) is 3.16. The first-order valence-corrected chi connectivity index (χ1v) is 6.91. The number of thiazole rings is 1. The zero-order valence-electron chi connectivity index (χ0n) is 11.3. The van der Waals surface area contributed by atoms with Gasteiger partial charge in [0.2, 0.25) is 0 Å². The number of carbonyl (C=O) groups is 1. The lowest BCUT2D eigenvalue weighted by Crippen LogP contribution is -2.23. The summed E-state index contributed by atoms with van der Waals surface area (Å²) in [4.78, 5) is 15.2. The fraction of sp³-hybridized carbons (Fsp3) is 0.200.